The number of imide groups is 1. The first-order valence-electron chi connectivity index (χ1n) is 8.92. The highest BCUT2D eigenvalue weighted by molar-refractivity contribution is 6.05. The fourth-order valence-corrected chi connectivity index (χ4v) is 3.52. The zero-order chi connectivity index (χ0) is 19.4. The molecule has 1 aliphatic heterocycles. The molecule has 144 valence electrons. The van der Waals surface area contributed by atoms with E-state index in [2.05, 4.69) is 0 Å². The van der Waals surface area contributed by atoms with E-state index < -0.39 is 5.97 Å². The number of rotatable bonds is 7. The van der Waals surface area contributed by atoms with Crippen molar-refractivity contribution in [2.24, 2.45) is 11.8 Å². The Balaban J connectivity index is 1.53. The number of esters is 1. The standard InChI is InChI=1S/C20H23NO6/c1-25-14-7-8-17(26-2)13(11-14)12-27-18(22)9-10-21-19(23)15-5-3-4-6-16(15)20(21)24/h3-4,7-8,11,15-16H,5-6,9-10,12H2,1-2H3. The van der Waals surface area contributed by atoms with Crippen molar-refractivity contribution in [3.8, 4) is 11.5 Å². The predicted octanol–water partition coefficient (Wildman–Crippen LogP) is 2.09. The summed E-state index contributed by atoms with van der Waals surface area (Å²) < 4.78 is 15.7. The van der Waals surface area contributed by atoms with Gasteiger partial charge >= 0.3 is 5.97 Å². The first-order chi connectivity index (χ1) is 13.0. The molecule has 0 spiro atoms. The Morgan fingerprint density at radius 2 is 1.74 bits per heavy atom. The van der Waals surface area contributed by atoms with Crippen LogP contribution in [0.5, 0.6) is 11.5 Å². The Hall–Kier alpha value is -2.83. The average molecular weight is 373 g/mol. The smallest absolute Gasteiger partial charge is 0.307 e. The molecular weight excluding hydrogens is 350 g/mol. The molecule has 7 heteroatoms. The molecule has 1 fully saturated rings. The Morgan fingerprint density at radius 1 is 1.07 bits per heavy atom. The fourth-order valence-electron chi connectivity index (χ4n) is 3.52. The van der Waals surface area contributed by atoms with E-state index in [1.54, 1.807) is 25.3 Å². The van der Waals surface area contributed by atoms with Crippen LogP contribution in [-0.2, 0) is 25.7 Å². The molecule has 1 aromatic rings. The molecule has 2 atom stereocenters. The highest BCUT2D eigenvalue weighted by atomic mass is 16.5. The Morgan fingerprint density at radius 3 is 2.33 bits per heavy atom. The molecule has 2 aliphatic rings. The number of likely N-dealkylation sites (tertiary alicyclic amines) is 1. The molecule has 1 heterocycles. The minimum atomic E-state index is -0.478. The van der Waals surface area contributed by atoms with Gasteiger partial charge in [0, 0.05) is 12.1 Å². The third-order valence-corrected chi connectivity index (χ3v) is 5.01. The van der Waals surface area contributed by atoms with E-state index in [1.165, 1.54) is 12.0 Å². The lowest BCUT2D eigenvalue weighted by molar-refractivity contribution is -0.146. The molecule has 0 aromatic heterocycles. The highest BCUT2D eigenvalue weighted by Gasteiger charge is 2.46. The molecule has 2 amide bonds. The van der Waals surface area contributed by atoms with Gasteiger partial charge in [0.25, 0.3) is 0 Å². The second-order valence-corrected chi connectivity index (χ2v) is 6.57. The van der Waals surface area contributed by atoms with Crippen LogP contribution >= 0.6 is 0 Å². The number of carbonyl (C=O) groups excluding carboxylic acids is 3. The van der Waals surface area contributed by atoms with Gasteiger partial charge in [0.1, 0.15) is 18.1 Å². The predicted molar refractivity (Wildman–Crippen MR) is 96.0 cm³/mol. The number of ether oxygens (including phenoxy) is 3. The quantitative estimate of drug-likeness (QED) is 0.414. The summed E-state index contributed by atoms with van der Waals surface area (Å²) in [7, 11) is 3.08. The lowest BCUT2D eigenvalue weighted by Crippen LogP contribution is -2.33. The highest BCUT2D eigenvalue weighted by Crippen LogP contribution is 2.35. The van der Waals surface area contributed by atoms with Gasteiger partial charge in [0.15, 0.2) is 0 Å². The van der Waals surface area contributed by atoms with Crippen molar-refractivity contribution in [1.29, 1.82) is 0 Å². The number of fused-ring (bicyclic) bond motifs is 1. The minimum Gasteiger partial charge on any atom is -0.497 e. The van der Waals surface area contributed by atoms with E-state index >= 15 is 0 Å². The van der Waals surface area contributed by atoms with Crippen LogP contribution in [0.25, 0.3) is 0 Å². The summed E-state index contributed by atoms with van der Waals surface area (Å²) in [5.41, 5.74) is 0.676. The summed E-state index contributed by atoms with van der Waals surface area (Å²) in [6.45, 7) is 0.0784. The number of allylic oxidation sites excluding steroid dienone is 2. The second kappa shape index (κ2) is 8.24. The number of hydrogen-bond donors (Lipinski definition) is 0. The van der Waals surface area contributed by atoms with E-state index in [-0.39, 0.29) is 43.2 Å². The van der Waals surface area contributed by atoms with Gasteiger partial charge in [-0.2, -0.15) is 0 Å². The molecule has 1 aromatic carbocycles. The third kappa shape index (κ3) is 3.97. The summed E-state index contributed by atoms with van der Waals surface area (Å²) in [5, 5.41) is 0. The van der Waals surface area contributed by atoms with Crippen molar-refractivity contribution in [1.82, 2.24) is 4.90 Å². The van der Waals surface area contributed by atoms with Crippen LogP contribution in [0.1, 0.15) is 24.8 Å². The molecule has 0 saturated carbocycles. The van der Waals surface area contributed by atoms with Crippen molar-refractivity contribution < 1.29 is 28.6 Å². The van der Waals surface area contributed by atoms with E-state index in [1.807, 2.05) is 12.2 Å². The Labute approximate surface area is 157 Å². The van der Waals surface area contributed by atoms with Crippen LogP contribution in [0.3, 0.4) is 0 Å². The topological polar surface area (TPSA) is 82.1 Å². The first kappa shape index (κ1) is 18.9. The number of amides is 2. The van der Waals surface area contributed by atoms with Gasteiger partial charge in [-0.1, -0.05) is 12.2 Å². The van der Waals surface area contributed by atoms with Crippen LogP contribution in [0.15, 0.2) is 30.4 Å². The van der Waals surface area contributed by atoms with Crippen LogP contribution in [0.4, 0.5) is 0 Å². The van der Waals surface area contributed by atoms with E-state index in [4.69, 9.17) is 14.2 Å². The molecule has 27 heavy (non-hydrogen) atoms. The fraction of sp³-hybridized carbons (Fsp3) is 0.450. The zero-order valence-corrected chi connectivity index (χ0v) is 15.5. The summed E-state index contributed by atoms with van der Waals surface area (Å²) in [5.74, 6) is -0.183. The largest absolute Gasteiger partial charge is 0.497 e. The van der Waals surface area contributed by atoms with E-state index in [9.17, 15) is 14.4 Å². The lowest BCUT2D eigenvalue weighted by Gasteiger charge is -2.15. The first-order valence-corrected chi connectivity index (χ1v) is 8.92. The molecular formula is C20H23NO6. The summed E-state index contributed by atoms with van der Waals surface area (Å²) >= 11 is 0. The summed E-state index contributed by atoms with van der Waals surface area (Å²) in [4.78, 5) is 38.1. The van der Waals surface area contributed by atoms with Gasteiger partial charge in [-0.05, 0) is 31.0 Å². The molecule has 3 rings (SSSR count). The van der Waals surface area contributed by atoms with E-state index in [0.29, 0.717) is 29.9 Å². The Kier molecular flexibility index (Phi) is 5.78. The average Bonchev–Trinajstić information content (AvgIpc) is 2.95. The molecule has 7 nitrogen and oxygen atoms in total. The Bertz CT molecular complexity index is 746. The van der Waals surface area contributed by atoms with Gasteiger partial charge in [-0.25, -0.2) is 0 Å². The van der Waals surface area contributed by atoms with Crippen LogP contribution < -0.4 is 9.47 Å². The monoisotopic (exact) mass is 373 g/mol. The van der Waals surface area contributed by atoms with Crippen LogP contribution in [-0.4, -0.2) is 43.4 Å². The van der Waals surface area contributed by atoms with Crippen molar-refractivity contribution in [3.63, 3.8) is 0 Å². The normalized spacial score (nSPS) is 21.2. The van der Waals surface area contributed by atoms with E-state index in [0.717, 1.165) is 0 Å². The van der Waals surface area contributed by atoms with Crippen molar-refractivity contribution in [2.45, 2.75) is 25.9 Å². The van der Waals surface area contributed by atoms with Gasteiger partial charge in [-0.3, -0.25) is 19.3 Å². The zero-order valence-electron chi connectivity index (χ0n) is 15.5. The molecule has 2 unspecified atom stereocenters. The number of hydrogen-bond acceptors (Lipinski definition) is 6. The number of carbonyl (C=O) groups is 3. The molecule has 1 saturated heterocycles. The minimum absolute atomic E-state index is 0.0241. The van der Waals surface area contributed by atoms with Gasteiger partial charge in [0.2, 0.25) is 11.8 Å². The van der Waals surface area contributed by atoms with Gasteiger partial charge in [-0.15, -0.1) is 0 Å². The molecule has 1 aliphatic carbocycles. The van der Waals surface area contributed by atoms with Crippen molar-refractivity contribution >= 4 is 17.8 Å². The number of benzene rings is 1. The van der Waals surface area contributed by atoms with Crippen LogP contribution in [0, 0.1) is 11.8 Å². The SMILES string of the molecule is COc1ccc(OC)c(COC(=O)CCN2C(=O)C3CC=CCC3C2=O)c1. The second-order valence-electron chi connectivity index (χ2n) is 6.57. The van der Waals surface area contributed by atoms with Crippen LogP contribution in [0.2, 0.25) is 0 Å². The number of nitrogens with zero attached hydrogens (tertiary/aromatic N) is 1. The maximum absolute atomic E-state index is 12.4. The summed E-state index contributed by atoms with van der Waals surface area (Å²) in [6.07, 6.45) is 5.02. The summed E-state index contributed by atoms with van der Waals surface area (Å²) in [6, 6.07) is 5.22. The maximum Gasteiger partial charge on any atom is 0.307 e. The third-order valence-electron chi connectivity index (χ3n) is 5.01. The van der Waals surface area contributed by atoms with Gasteiger partial charge < -0.3 is 14.2 Å². The maximum atomic E-state index is 12.4. The molecule has 0 radical (unpaired) electrons. The molecule has 0 bridgehead atoms. The lowest BCUT2D eigenvalue weighted by atomic mass is 9.85. The van der Waals surface area contributed by atoms with Crippen molar-refractivity contribution in [3.05, 3.63) is 35.9 Å². The van der Waals surface area contributed by atoms with Gasteiger partial charge in [0.05, 0.1) is 32.5 Å². The molecule has 0 N–H and O–H groups in total. The number of methoxy groups -OCH3 is 2. The van der Waals surface area contributed by atoms with Crippen molar-refractivity contribution in [2.75, 3.05) is 20.8 Å².